The number of pyridine rings is 1. The molecule has 2 aromatic rings. The molecule has 2 N–H and O–H groups in total. The van der Waals surface area contributed by atoms with E-state index in [0.29, 0.717) is 12.5 Å². The van der Waals surface area contributed by atoms with Gasteiger partial charge in [-0.1, -0.05) is 29.8 Å². The van der Waals surface area contributed by atoms with Crippen molar-refractivity contribution in [3.8, 4) is 0 Å². The highest BCUT2D eigenvalue weighted by molar-refractivity contribution is 6.30. The number of hydrogen-bond donors (Lipinski definition) is 2. The van der Waals surface area contributed by atoms with Gasteiger partial charge >= 0.3 is 6.03 Å². The number of carbonyl (C=O) groups is 1. The zero-order valence-corrected chi connectivity index (χ0v) is 12.9. The number of aromatic nitrogens is 1. The number of carbonyl (C=O) groups excluding carboxylic acids is 1. The molecular weight excluding hydrogens is 298 g/mol. The highest BCUT2D eigenvalue weighted by Crippen LogP contribution is 2.41. The third kappa shape index (κ3) is 3.98. The summed E-state index contributed by atoms with van der Waals surface area (Å²) in [5.74, 6) is 0.378. The Hall–Kier alpha value is -2.07. The van der Waals surface area contributed by atoms with Gasteiger partial charge < -0.3 is 10.6 Å². The number of halogens is 1. The molecule has 1 heterocycles. The van der Waals surface area contributed by atoms with Gasteiger partial charge in [-0.05, 0) is 42.2 Å². The third-order valence-corrected chi connectivity index (χ3v) is 4.04. The Labute approximate surface area is 134 Å². The Morgan fingerprint density at radius 2 is 2.23 bits per heavy atom. The van der Waals surface area contributed by atoms with Crippen molar-refractivity contribution in [2.45, 2.75) is 24.8 Å². The van der Waals surface area contributed by atoms with Crippen molar-refractivity contribution in [2.75, 3.05) is 6.54 Å². The van der Waals surface area contributed by atoms with E-state index in [1.807, 2.05) is 36.5 Å². The van der Waals surface area contributed by atoms with Gasteiger partial charge in [-0.3, -0.25) is 4.98 Å². The van der Waals surface area contributed by atoms with Gasteiger partial charge in [0.15, 0.2) is 0 Å². The molecule has 22 heavy (non-hydrogen) atoms. The van der Waals surface area contributed by atoms with E-state index in [9.17, 15) is 4.79 Å². The molecule has 0 bridgehead atoms. The van der Waals surface area contributed by atoms with E-state index in [-0.39, 0.29) is 12.1 Å². The van der Waals surface area contributed by atoms with Gasteiger partial charge in [0.25, 0.3) is 0 Å². The Balaban J connectivity index is 1.40. The van der Waals surface area contributed by atoms with Crippen LogP contribution in [0.3, 0.4) is 0 Å². The summed E-state index contributed by atoms with van der Waals surface area (Å²) in [5.41, 5.74) is 2.30. The van der Waals surface area contributed by atoms with Crippen molar-refractivity contribution in [3.63, 3.8) is 0 Å². The fraction of sp³-hybridized carbons (Fsp3) is 0.294. The molecule has 5 heteroatoms. The molecule has 2 amide bonds. The number of urea groups is 1. The average molecular weight is 316 g/mol. The van der Waals surface area contributed by atoms with Crippen LogP contribution in [0.5, 0.6) is 0 Å². The molecule has 1 aromatic heterocycles. The van der Waals surface area contributed by atoms with Crippen molar-refractivity contribution in [1.82, 2.24) is 15.6 Å². The summed E-state index contributed by atoms with van der Waals surface area (Å²) in [7, 11) is 0. The number of amides is 2. The minimum absolute atomic E-state index is 0.113. The van der Waals surface area contributed by atoms with Crippen LogP contribution in [0.1, 0.15) is 23.5 Å². The van der Waals surface area contributed by atoms with Crippen LogP contribution >= 0.6 is 11.6 Å². The molecule has 1 aromatic carbocycles. The molecule has 0 unspecified atom stereocenters. The smallest absolute Gasteiger partial charge is 0.315 e. The second-order valence-electron chi connectivity index (χ2n) is 5.52. The minimum Gasteiger partial charge on any atom is -0.338 e. The number of hydrogen-bond acceptors (Lipinski definition) is 2. The maximum absolute atomic E-state index is 11.9. The lowest BCUT2D eigenvalue weighted by molar-refractivity contribution is 0.240. The van der Waals surface area contributed by atoms with Crippen LogP contribution in [-0.4, -0.2) is 23.6 Å². The first-order valence-corrected chi connectivity index (χ1v) is 7.79. The van der Waals surface area contributed by atoms with Crippen LogP contribution < -0.4 is 10.6 Å². The maximum atomic E-state index is 11.9. The van der Waals surface area contributed by atoms with Crippen LogP contribution in [0.15, 0.2) is 48.8 Å². The van der Waals surface area contributed by atoms with E-state index in [1.165, 1.54) is 5.56 Å². The molecule has 3 rings (SSSR count). The van der Waals surface area contributed by atoms with Gasteiger partial charge in [0.05, 0.1) is 0 Å². The minimum atomic E-state index is -0.113. The van der Waals surface area contributed by atoms with Crippen molar-refractivity contribution < 1.29 is 4.79 Å². The van der Waals surface area contributed by atoms with Crippen LogP contribution in [0, 0.1) is 0 Å². The molecular formula is C17H18ClN3O. The Morgan fingerprint density at radius 3 is 3.00 bits per heavy atom. The summed E-state index contributed by atoms with van der Waals surface area (Å²) in [6, 6.07) is 11.8. The van der Waals surface area contributed by atoms with E-state index in [2.05, 4.69) is 21.7 Å². The normalized spacial score (nSPS) is 19.5. The first-order valence-electron chi connectivity index (χ1n) is 7.41. The monoisotopic (exact) mass is 315 g/mol. The van der Waals surface area contributed by atoms with Crippen molar-refractivity contribution >= 4 is 17.6 Å². The number of nitrogens with one attached hydrogen (secondary N) is 2. The highest BCUT2D eigenvalue weighted by Gasteiger charge is 2.39. The zero-order chi connectivity index (χ0) is 15.4. The molecule has 0 saturated heterocycles. The van der Waals surface area contributed by atoms with E-state index in [0.717, 1.165) is 23.4 Å². The first kappa shape index (κ1) is 14.9. The van der Waals surface area contributed by atoms with Crippen LogP contribution in [0.2, 0.25) is 5.02 Å². The lowest BCUT2D eigenvalue weighted by atomic mass is 10.1. The molecule has 1 saturated carbocycles. The van der Waals surface area contributed by atoms with Gasteiger partial charge in [-0.25, -0.2) is 4.79 Å². The van der Waals surface area contributed by atoms with E-state index < -0.39 is 0 Å². The summed E-state index contributed by atoms with van der Waals surface area (Å²) in [6.07, 6.45) is 5.31. The number of rotatable bonds is 5. The molecule has 4 nitrogen and oxygen atoms in total. The Morgan fingerprint density at radius 1 is 1.32 bits per heavy atom. The maximum Gasteiger partial charge on any atom is 0.315 e. The number of nitrogens with zero attached hydrogens (tertiary/aromatic N) is 1. The molecule has 0 radical (unpaired) electrons. The highest BCUT2D eigenvalue weighted by atomic mass is 35.5. The van der Waals surface area contributed by atoms with Crippen LogP contribution in [-0.2, 0) is 6.42 Å². The predicted octanol–water partition coefficient (Wildman–Crippen LogP) is 3.13. The molecule has 114 valence electrons. The summed E-state index contributed by atoms with van der Waals surface area (Å²) in [4.78, 5) is 15.9. The fourth-order valence-corrected chi connectivity index (χ4v) is 2.74. The van der Waals surface area contributed by atoms with Crippen molar-refractivity contribution in [2.24, 2.45) is 0 Å². The van der Waals surface area contributed by atoms with Crippen molar-refractivity contribution in [1.29, 1.82) is 0 Å². The molecule has 0 spiro atoms. The molecule has 1 aliphatic carbocycles. The summed E-state index contributed by atoms with van der Waals surface area (Å²) in [6.45, 7) is 0.603. The summed E-state index contributed by atoms with van der Waals surface area (Å²) < 4.78 is 0. The van der Waals surface area contributed by atoms with Crippen LogP contribution in [0.4, 0.5) is 4.79 Å². The van der Waals surface area contributed by atoms with Gasteiger partial charge in [0.1, 0.15) is 0 Å². The van der Waals surface area contributed by atoms with Gasteiger partial charge in [-0.2, -0.15) is 0 Å². The topological polar surface area (TPSA) is 54.0 Å². The number of benzene rings is 1. The molecule has 2 atom stereocenters. The first-order chi connectivity index (χ1) is 10.7. The van der Waals surface area contributed by atoms with Gasteiger partial charge in [0.2, 0.25) is 0 Å². The molecule has 1 aliphatic rings. The molecule has 1 fully saturated rings. The van der Waals surface area contributed by atoms with E-state index in [1.54, 1.807) is 6.20 Å². The predicted molar refractivity (Wildman–Crippen MR) is 87.1 cm³/mol. The standard InChI is InChI=1S/C17H18ClN3O/c18-14-5-1-4-13(9-14)15-10-16(15)21-17(22)20-8-6-12-3-2-7-19-11-12/h1-5,7,9,11,15-16H,6,8,10H2,(H2,20,21,22)/t15-,16+/m1/s1. The van der Waals surface area contributed by atoms with E-state index >= 15 is 0 Å². The quantitative estimate of drug-likeness (QED) is 0.890. The zero-order valence-electron chi connectivity index (χ0n) is 12.1. The largest absolute Gasteiger partial charge is 0.338 e. The average Bonchev–Trinajstić information content (AvgIpc) is 3.27. The van der Waals surface area contributed by atoms with E-state index in [4.69, 9.17) is 11.6 Å². The van der Waals surface area contributed by atoms with Crippen LogP contribution in [0.25, 0.3) is 0 Å². The Bertz CT molecular complexity index is 647. The van der Waals surface area contributed by atoms with Crippen molar-refractivity contribution in [3.05, 3.63) is 64.9 Å². The lowest BCUT2D eigenvalue weighted by Crippen LogP contribution is -2.38. The fourth-order valence-electron chi connectivity index (χ4n) is 2.55. The lowest BCUT2D eigenvalue weighted by Gasteiger charge is -2.07. The Kier molecular flexibility index (Phi) is 4.59. The summed E-state index contributed by atoms with van der Waals surface area (Å²) >= 11 is 5.99. The second kappa shape index (κ2) is 6.79. The SMILES string of the molecule is O=C(NCCc1cccnc1)N[C@H]1C[C@@H]1c1cccc(Cl)c1. The molecule has 0 aliphatic heterocycles. The summed E-state index contributed by atoms with van der Waals surface area (Å²) in [5, 5.41) is 6.62. The van der Waals surface area contributed by atoms with Gasteiger partial charge in [0, 0.05) is 35.9 Å². The third-order valence-electron chi connectivity index (χ3n) is 3.81. The second-order valence-corrected chi connectivity index (χ2v) is 5.95. The van der Waals surface area contributed by atoms with Gasteiger partial charge in [-0.15, -0.1) is 0 Å².